The topological polar surface area (TPSA) is 131 Å². The Labute approximate surface area is 208 Å². The predicted molar refractivity (Wildman–Crippen MR) is 137 cm³/mol. The third kappa shape index (κ3) is 3.57. The number of nitrogens with one attached hydrogen (secondary N) is 2. The number of nitrogens with two attached hydrogens (primary N) is 1. The predicted octanol–water partition coefficient (Wildman–Crippen LogP) is 1.95. The SMILES string of the molecule is NC(=O)N(c1cccc2c1C(=O)c1c-2n[nH]c1-c1ccc(N2CCNCC2)cc1)N1CCCC1CO. The van der Waals surface area contributed by atoms with Gasteiger partial charge in [-0.3, -0.25) is 9.89 Å². The van der Waals surface area contributed by atoms with Gasteiger partial charge in [-0.2, -0.15) is 5.10 Å². The number of amides is 2. The van der Waals surface area contributed by atoms with Crippen molar-refractivity contribution in [1.82, 2.24) is 20.5 Å². The molecule has 10 nitrogen and oxygen atoms in total. The lowest BCUT2D eigenvalue weighted by Crippen LogP contribution is -2.53. The number of H-pyrrole nitrogens is 1. The number of aromatic nitrogens is 2. The van der Waals surface area contributed by atoms with E-state index in [0.29, 0.717) is 40.3 Å². The Morgan fingerprint density at radius 1 is 1.11 bits per heavy atom. The molecule has 2 saturated heterocycles. The van der Waals surface area contributed by atoms with Crippen molar-refractivity contribution in [2.75, 3.05) is 49.2 Å². The van der Waals surface area contributed by atoms with E-state index in [-0.39, 0.29) is 18.4 Å². The summed E-state index contributed by atoms with van der Waals surface area (Å²) in [6, 6.07) is 12.6. The fourth-order valence-corrected chi connectivity index (χ4v) is 5.66. The fourth-order valence-electron chi connectivity index (χ4n) is 5.66. The van der Waals surface area contributed by atoms with Crippen molar-refractivity contribution in [1.29, 1.82) is 0 Å². The van der Waals surface area contributed by atoms with Crippen LogP contribution < -0.4 is 21.0 Å². The quantitative estimate of drug-likeness (QED) is 0.338. The van der Waals surface area contributed by atoms with Crippen LogP contribution in [0.3, 0.4) is 0 Å². The van der Waals surface area contributed by atoms with Gasteiger partial charge in [-0.05, 0) is 31.0 Å². The number of rotatable bonds is 5. The Hall–Kier alpha value is -3.73. The van der Waals surface area contributed by atoms with E-state index >= 15 is 0 Å². The Kier molecular flexibility index (Phi) is 5.71. The normalized spacial score (nSPS) is 19.4. The van der Waals surface area contributed by atoms with Gasteiger partial charge in [0, 0.05) is 49.5 Å². The molecule has 10 heteroatoms. The van der Waals surface area contributed by atoms with E-state index in [2.05, 4.69) is 32.5 Å². The van der Waals surface area contributed by atoms with E-state index < -0.39 is 6.03 Å². The minimum Gasteiger partial charge on any atom is -0.395 e. The zero-order valence-corrected chi connectivity index (χ0v) is 19.9. The molecule has 1 atom stereocenters. The first-order valence-corrected chi connectivity index (χ1v) is 12.4. The van der Waals surface area contributed by atoms with E-state index in [1.54, 1.807) is 17.1 Å². The number of aliphatic hydroxyl groups excluding tert-OH is 1. The molecule has 3 heterocycles. The Balaban J connectivity index is 1.37. The Morgan fingerprint density at radius 3 is 2.61 bits per heavy atom. The number of hydrogen-bond acceptors (Lipinski definition) is 7. The molecule has 2 aliphatic heterocycles. The zero-order chi connectivity index (χ0) is 24.8. The van der Waals surface area contributed by atoms with Crippen LogP contribution in [0.1, 0.15) is 28.8 Å². The highest BCUT2D eigenvalue weighted by molar-refractivity contribution is 6.27. The lowest BCUT2D eigenvalue weighted by molar-refractivity contribution is 0.104. The maximum atomic E-state index is 13.8. The van der Waals surface area contributed by atoms with Gasteiger partial charge >= 0.3 is 6.03 Å². The number of aromatic amines is 1. The highest BCUT2D eigenvalue weighted by Crippen LogP contribution is 2.44. The zero-order valence-electron chi connectivity index (χ0n) is 19.9. The Bertz CT molecular complexity index is 1310. The van der Waals surface area contributed by atoms with Crippen LogP contribution in [0, 0.1) is 0 Å². The average Bonchev–Trinajstić information content (AvgIpc) is 3.62. The molecule has 5 N–H and O–H groups in total. The smallest absolute Gasteiger partial charge is 0.334 e. The average molecular weight is 488 g/mol. The van der Waals surface area contributed by atoms with Gasteiger partial charge in [-0.15, -0.1) is 0 Å². The van der Waals surface area contributed by atoms with Gasteiger partial charge < -0.3 is 21.1 Å². The number of fused-ring (bicyclic) bond motifs is 3. The molecule has 0 saturated carbocycles. The first-order valence-electron chi connectivity index (χ1n) is 12.4. The summed E-state index contributed by atoms with van der Waals surface area (Å²) < 4.78 is 0. The van der Waals surface area contributed by atoms with Gasteiger partial charge in [-0.1, -0.05) is 24.3 Å². The summed E-state index contributed by atoms with van der Waals surface area (Å²) in [5.41, 5.74) is 11.0. The van der Waals surface area contributed by atoms with Crippen LogP contribution in [0.5, 0.6) is 0 Å². The lowest BCUT2D eigenvalue weighted by Gasteiger charge is -2.35. The van der Waals surface area contributed by atoms with Crippen molar-refractivity contribution in [3.63, 3.8) is 0 Å². The second kappa shape index (κ2) is 9.05. The summed E-state index contributed by atoms with van der Waals surface area (Å²) in [6.07, 6.45) is 1.58. The Morgan fingerprint density at radius 2 is 1.89 bits per heavy atom. The molecule has 6 rings (SSSR count). The third-order valence-electron chi connectivity index (χ3n) is 7.41. The molecule has 1 aromatic heterocycles. The van der Waals surface area contributed by atoms with E-state index in [1.165, 1.54) is 5.01 Å². The van der Waals surface area contributed by atoms with E-state index in [0.717, 1.165) is 50.3 Å². The maximum absolute atomic E-state index is 13.8. The minimum absolute atomic E-state index is 0.0946. The maximum Gasteiger partial charge on any atom is 0.334 e. The summed E-state index contributed by atoms with van der Waals surface area (Å²) in [4.78, 5) is 28.8. The largest absolute Gasteiger partial charge is 0.395 e. The molecule has 1 unspecified atom stereocenters. The molecule has 0 radical (unpaired) electrons. The van der Waals surface area contributed by atoms with Crippen LogP contribution in [-0.4, -0.2) is 77.5 Å². The molecule has 3 aliphatic rings. The number of aliphatic hydroxyl groups is 1. The van der Waals surface area contributed by atoms with Crippen LogP contribution in [0.2, 0.25) is 0 Å². The monoisotopic (exact) mass is 487 g/mol. The number of benzene rings is 2. The molecule has 2 fully saturated rings. The highest BCUT2D eigenvalue weighted by Gasteiger charge is 2.39. The molecule has 3 aromatic rings. The standard InChI is InChI=1S/C26H29N7O3/c27-26(36)33(32-12-2-3-18(32)15-34)20-5-1-4-19-21(20)25(35)22-23(29-30-24(19)22)16-6-8-17(9-7-16)31-13-10-28-11-14-31/h1,4-9,18,28,34H,2-3,10-15H2,(H2,27,36)(H,29,30). The summed E-state index contributed by atoms with van der Waals surface area (Å²) in [5, 5.41) is 23.9. The van der Waals surface area contributed by atoms with Gasteiger partial charge in [0.1, 0.15) is 5.69 Å². The van der Waals surface area contributed by atoms with Crippen molar-refractivity contribution < 1.29 is 14.7 Å². The molecule has 1 aliphatic carbocycles. The second-order valence-electron chi connectivity index (χ2n) is 9.43. The van der Waals surface area contributed by atoms with Gasteiger partial charge in [0.15, 0.2) is 5.78 Å². The van der Waals surface area contributed by atoms with Crippen LogP contribution in [0.15, 0.2) is 42.5 Å². The molecule has 0 spiro atoms. The van der Waals surface area contributed by atoms with Crippen molar-refractivity contribution >= 4 is 23.2 Å². The highest BCUT2D eigenvalue weighted by atomic mass is 16.3. The van der Waals surface area contributed by atoms with Gasteiger partial charge in [-0.25, -0.2) is 14.8 Å². The number of ketones is 1. The summed E-state index contributed by atoms with van der Waals surface area (Å²) in [7, 11) is 0. The van der Waals surface area contributed by atoms with Gasteiger partial charge in [0.2, 0.25) is 0 Å². The van der Waals surface area contributed by atoms with Crippen LogP contribution in [0.25, 0.3) is 22.5 Å². The molecule has 2 amide bonds. The number of carbonyl (C=O) groups is 2. The van der Waals surface area contributed by atoms with Crippen molar-refractivity contribution in [2.24, 2.45) is 5.73 Å². The third-order valence-corrected chi connectivity index (χ3v) is 7.41. The van der Waals surface area contributed by atoms with Crippen molar-refractivity contribution in [2.45, 2.75) is 18.9 Å². The van der Waals surface area contributed by atoms with Gasteiger partial charge in [0.05, 0.1) is 35.2 Å². The summed E-state index contributed by atoms with van der Waals surface area (Å²) >= 11 is 0. The summed E-state index contributed by atoms with van der Waals surface area (Å²) in [5.74, 6) is -0.198. The molecular weight excluding hydrogens is 458 g/mol. The lowest BCUT2D eigenvalue weighted by atomic mass is 10.0. The molecule has 186 valence electrons. The summed E-state index contributed by atoms with van der Waals surface area (Å²) in [6.45, 7) is 4.32. The van der Waals surface area contributed by atoms with Crippen LogP contribution >= 0.6 is 0 Å². The molecule has 2 aromatic carbocycles. The number of nitrogens with zero attached hydrogens (tertiary/aromatic N) is 4. The molecule has 36 heavy (non-hydrogen) atoms. The first kappa shape index (κ1) is 22.7. The second-order valence-corrected chi connectivity index (χ2v) is 9.43. The number of hydrogen-bond donors (Lipinski definition) is 4. The number of anilines is 2. The minimum atomic E-state index is -0.689. The van der Waals surface area contributed by atoms with Crippen molar-refractivity contribution in [3.05, 3.63) is 53.6 Å². The van der Waals surface area contributed by atoms with Gasteiger partial charge in [0.25, 0.3) is 0 Å². The van der Waals surface area contributed by atoms with E-state index in [4.69, 9.17) is 5.73 Å². The van der Waals surface area contributed by atoms with E-state index in [9.17, 15) is 14.7 Å². The van der Waals surface area contributed by atoms with Crippen LogP contribution in [-0.2, 0) is 0 Å². The first-order chi connectivity index (χ1) is 17.6. The number of urea groups is 1. The number of carbonyl (C=O) groups excluding carboxylic acids is 2. The fraction of sp³-hybridized carbons (Fsp3) is 0.346. The number of piperazine rings is 1. The van der Waals surface area contributed by atoms with E-state index in [1.807, 2.05) is 18.2 Å². The molecule has 0 bridgehead atoms. The number of hydrazine groups is 1. The molecular formula is C26H29N7O3. The van der Waals surface area contributed by atoms with Crippen molar-refractivity contribution in [3.8, 4) is 22.5 Å². The number of primary amides is 1. The van der Waals surface area contributed by atoms with Crippen LogP contribution in [0.4, 0.5) is 16.2 Å².